The van der Waals surface area contributed by atoms with Crippen LogP contribution in [-0.2, 0) is 4.79 Å². The molecule has 0 aliphatic heterocycles. The van der Waals surface area contributed by atoms with Gasteiger partial charge in [0.25, 0.3) is 0 Å². The molecule has 0 aliphatic carbocycles. The molecule has 0 rings (SSSR count). The highest BCUT2D eigenvalue weighted by molar-refractivity contribution is 6.19. The first-order valence-corrected chi connectivity index (χ1v) is 4.99. The Kier molecular flexibility index (Phi) is 6.44. The molecular formula is C10H16ClNO. The van der Waals surface area contributed by atoms with E-state index in [9.17, 15) is 4.79 Å². The second kappa shape index (κ2) is 6.80. The molecule has 0 spiro atoms. The molecule has 0 heterocycles. The van der Waals surface area contributed by atoms with Crippen molar-refractivity contribution in [3.8, 4) is 12.3 Å². The van der Waals surface area contributed by atoms with E-state index >= 15 is 0 Å². The molecule has 0 aliphatic rings. The van der Waals surface area contributed by atoms with Gasteiger partial charge in [-0.05, 0) is 6.42 Å². The molecule has 13 heavy (non-hydrogen) atoms. The summed E-state index contributed by atoms with van der Waals surface area (Å²) in [5.74, 6) is 2.74. The first-order valence-electron chi connectivity index (χ1n) is 4.45. The summed E-state index contributed by atoms with van der Waals surface area (Å²) < 4.78 is 0. The van der Waals surface area contributed by atoms with E-state index in [4.69, 9.17) is 18.0 Å². The van der Waals surface area contributed by atoms with Crippen molar-refractivity contribution in [2.24, 2.45) is 5.92 Å². The quantitative estimate of drug-likeness (QED) is 0.490. The average Bonchev–Trinajstić information content (AvgIpc) is 2.15. The molecular weight excluding hydrogens is 186 g/mol. The van der Waals surface area contributed by atoms with Crippen LogP contribution in [0.25, 0.3) is 0 Å². The lowest BCUT2D eigenvalue weighted by molar-refractivity contribution is -0.133. The van der Waals surface area contributed by atoms with Crippen molar-refractivity contribution in [3.05, 3.63) is 0 Å². The van der Waals surface area contributed by atoms with E-state index in [1.165, 1.54) is 0 Å². The van der Waals surface area contributed by atoms with Gasteiger partial charge in [0.15, 0.2) is 0 Å². The van der Waals surface area contributed by atoms with Crippen molar-refractivity contribution >= 4 is 17.5 Å². The van der Waals surface area contributed by atoms with Crippen LogP contribution in [-0.4, -0.2) is 29.8 Å². The van der Waals surface area contributed by atoms with Gasteiger partial charge < -0.3 is 4.90 Å². The van der Waals surface area contributed by atoms with Crippen LogP contribution < -0.4 is 0 Å². The van der Waals surface area contributed by atoms with Crippen molar-refractivity contribution < 1.29 is 4.79 Å². The van der Waals surface area contributed by atoms with Crippen LogP contribution >= 0.6 is 11.6 Å². The predicted molar refractivity (Wildman–Crippen MR) is 55.6 cm³/mol. The zero-order valence-corrected chi connectivity index (χ0v) is 8.97. The minimum atomic E-state index is -0.137. The Morgan fingerprint density at radius 3 is 2.69 bits per heavy atom. The fourth-order valence-corrected chi connectivity index (χ4v) is 1.16. The lowest BCUT2D eigenvalue weighted by Crippen LogP contribution is -2.36. The van der Waals surface area contributed by atoms with Gasteiger partial charge in [-0.25, -0.2) is 0 Å². The first kappa shape index (κ1) is 12.3. The van der Waals surface area contributed by atoms with Gasteiger partial charge in [0.2, 0.25) is 5.91 Å². The van der Waals surface area contributed by atoms with Gasteiger partial charge in [0.05, 0.1) is 6.54 Å². The van der Waals surface area contributed by atoms with Crippen molar-refractivity contribution in [3.63, 3.8) is 0 Å². The van der Waals surface area contributed by atoms with Crippen molar-refractivity contribution in [2.75, 3.05) is 19.0 Å². The molecule has 1 unspecified atom stereocenters. The molecule has 2 nitrogen and oxygen atoms in total. The highest BCUT2D eigenvalue weighted by Crippen LogP contribution is 2.04. The fourth-order valence-electron chi connectivity index (χ4n) is 1.02. The Hall–Kier alpha value is -0.680. The highest BCUT2D eigenvalue weighted by atomic mass is 35.5. The van der Waals surface area contributed by atoms with Crippen LogP contribution in [0.4, 0.5) is 0 Å². The normalized spacial score (nSPS) is 11.8. The number of nitrogens with zero attached hydrogens (tertiary/aromatic N) is 1. The summed E-state index contributed by atoms with van der Waals surface area (Å²) in [7, 11) is 0. The molecule has 74 valence electrons. The molecule has 3 heteroatoms. The molecule has 0 saturated carbocycles. The van der Waals surface area contributed by atoms with Crippen LogP contribution in [0.5, 0.6) is 0 Å². The van der Waals surface area contributed by atoms with Gasteiger partial charge in [-0.1, -0.05) is 19.8 Å². The van der Waals surface area contributed by atoms with Crippen LogP contribution in [0.1, 0.15) is 20.3 Å². The number of carbonyl (C=O) groups is 1. The van der Waals surface area contributed by atoms with Gasteiger partial charge in [0.1, 0.15) is 0 Å². The fraction of sp³-hybridized carbons (Fsp3) is 0.700. The summed E-state index contributed by atoms with van der Waals surface area (Å²) in [6.07, 6.45) is 6.08. The summed E-state index contributed by atoms with van der Waals surface area (Å²) >= 11 is 5.59. The van der Waals surface area contributed by atoms with Gasteiger partial charge >= 0.3 is 0 Å². The second-order valence-electron chi connectivity index (χ2n) is 3.02. The summed E-state index contributed by atoms with van der Waals surface area (Å²) in [6, 6.07) is 0. The van der Waals surface area contributed by atoms with Gasteiger partial charge in [-0.2, -0.15) is 0 Å². The van der Waals surface area contributed by atoms with Gasteiger partial charge in [-0.15, -0.1) is 18.0 Å². The number of hydrogen-bond acceptors (Lipinski definition) is 1. The van der Waals surface area contributed by atoms with E-state index in [-0.39, 0.29) is 11.8 Å². The zero-order chi connectivity index (χ0) is 10.3. The van der Waals surface area contributed by atoms with Gasteiger partial charge in [-0.3, -0.25) is 4.79 Å². The molecule has 1 amide bonds. The molecule has 0 N–H and O–H groups in total. The molecule has 0 fully saturated rings. The Balaban J connectivity index is 4.19. The Bertz CT molecular complexity index is 198. The SMILES string of the molecule is C#CCN(CCC)C(=O)C(C)CCl. The van der Waals surface area contributed by atoms with Crippen LogP contribution in [0.3, 0.4) is 0 Å². The van der Waals surface area contributed by atoms with Crippen molar-refractivity contribution in [1.82, 2.24) is 4.90 Å². The molecule has 0 radical (unpaired) electrons. The molecule has 0 aromatic carbocycles. The van der Waals surface area contributed by atoms with Crippen LogP contribution in [0.2, 0.25) is 0 Å². The smallest absolute Gasteiger partial charge is 0.227 e. The summed E-state index contributed by atoms with van der Waals surface area (Å²) in [4.78, 5) is 13.3. The minimum Gasteiger partial charge on any atom is -0.331 e. The number of rotatable bonds is 5. The summed E-state index contributed by atoms with van der Waals surface area (Å²) in [6.45, 7) is 4.93. The molecule has 0 aromatic rings. The lowest BCUT2D eigenvalue weighted by Gasteiger charge is -2.22. The number of halogens is 1. The monoisotopic (exact) mass is 201 g/mol. The highest BCUT2D eigenvalue weighted by Gasteiger charge is 2.17. The first-order chi connectivity index (χ1) is 6.17. The van der Waals surface area contributed by atoms with E-state index in [2.05, 4.69) is 5.92 Å². The number of carbonyl (C=O) groups excluding carboxylic acids is 1. The zero-order valence-electron chi connectivity index (χ0n) is 8.22. The summed E-state index contributed by atoms with van der Waals surface area (Å²) in [5, 5.41) is 0. The number of amides is 1. The number of alkyl halides is 1. The lowest BCUT2D eigenvalue weighted by atomic mass is 10.2. The standard InChI is InChI=1S/C10H16ClNO/c1-4-6-12(7-5-2)10(13)9(3)8-11/h1,9H,5-8H2,2-3H3. The third kappa shape index (κ3) is 4.19. The third-order valence-electron chi connectivity index (χ3n) is 1.74. The van der Waals surface area contributed by atoms with Crippen LogP contribution in [0.15, 0.2) is 0 Å². The molecule has 0 bridgehead atoms. The number of terminal acetylenes is 1. The van der Waals surface area contributed by atoms with Gasteiger partial charge in [0, 0.05) is 18.3 Å². The molecule has 1 atom stereocenters. The largest absolute Gasteiger partial charge is 0.331 e. The molecule has 0 saturated heterocycles. The topological polar surface area (TPSA) is 20.3 Å². The Morgan fingerprint density at radius 2 is 2.31 bits per heavy atom. The predicted octanol–water partition coefficient (Wildman–Crippen LogP) is 1.73. The van der Waals surface area contributed by atoms with Crippen molar-refractivity contribution in [1.29, 1.82) is 0 Å². The Morgan fingerprint density at radius 1 is 1.69 bits per heavy atom. The van der Waals surface area contributed by atoms with E-state index in [0.717, 1.165) is 6.42 Å². The van der Waals surface area contributed by atoms with E-state index in [0.29, 0.717) is 19.0 Å². The average molecular weight is 202 g/mol. The maximum absolute atomic E-state index is 11.6. The van der Waals surface area contributed by atoms with Crippen LogP contribution in [0, 0.1) is 18.3 Å². The van der Waals surface area contributed by atoms with E-state index in [1.54, 1.807) is 4.90 Å². The maximum atomic E-state index is 11.6. The van der Waals surface area contributed by atoms with E-state index in [1.807, 2.05) is 13.8 Å². The maximum Gasteiger partial charge on any atom is 0.227 e. The van der Waals surface area contributed by atoms with E-state index < -0.39 is 0 Å². The Labute approximate surface area is 85.2 Å². The number of hydrogen-bond donors (Lipinski definition) is 0. The molecule has 0 aromatic heterocycles. The summed E-state index contributed by atoms with van der Waals surface area (Å²) in [5.41, 5.74) is 0. The van der Waals surface area contributed by atoms with Crippen molar-refractivity contribution in [2.45, 2.75) is 20.3 Å². The second-order valence-corrected chi connectivity index (χ2v) is 3.33. The third-order valence-corrected chi connectivity index (χ3v) is 2.20. The minimum absolute atomic E-state index is 0.0507.